The average Bonchev–Trinajstić information content (AvgIpc) is 2.44. The molecule has 0 radical (unpaired) electrons. The zero-order chi connectivity index (χ0) is 14.8. The van der Waals surface area contributed by atoms with Gasteiger partial charge < -0.3 is 19.9 Å². The Balaban J connectivity index is 2.18. The molecule has 6 nitrogen and oxygen atoms in total. The molecule has 0 unspecified atom stereocenters. The van der Waals surface area contributed by atoms with Gasteiger partial charge in [-0.1, -0.05) is 30.3 Å². The molecular formula is C14H19NO5. The first kappa shape index (κ1) is 16.0. The molecule has 6 heteroatoms. The van der Waals surface area contributed by atoms with E-state index in [2.05, 4.69) is 10.1 Å². The lowest BCUT2D eigenvalue weighted by molar-refractivity contribution is -0.145. The molecule has 0 aromatic heterocycles. The molecule has 1 atom stereocenters. The van der Waals surface area contributed by atoms with Gasteiger partial charge in [0, 0.05) is 6.54 Å². The number of carbonyl (C=O) groups excluding carboxylic acids is 2. The standard InChI is InChI=1S/C14H19NO5/c1-2-19-13(17)8-12(16)9-15-14(18)20-10-11-6-4-3-5-7-11/h3-7,12,16H,2,8-10H2,1H3,(H,15,18)/t12-/m0/s1. The van der Waals surface area contributed by atoms with E-state index in [4.69, 9.17) is 4.74 Å². The first-order valence-electron chi connectivity index (χ1n) is 6.40. The quantitative estimate of drug-likeness (QED) is 0.734. The Labute approximate surface area is 117 Å². The predicted octanol–water partition coefficient (Wildman–Crippen LogP) is 1.23. The minimum Gasteiger partial charge on any atom is -0.466 e. The number of nitrogens with one attached hydrogen (secondary N) is 1. The van der Waals surface area contributed by atoms with Gasteiger partial charge in [0.2, 0.25) is 0 Å². The maximum absolute atomic E-state index is 11.4. The Morgan fingerprint density at radius 2 is 1.95 bits per heavy atom. The van der Waals surface area contributed by atoms with E-state index in [0.29, 0.717) is 0 Å². The van der Waals surface area contributed by atoms with Crippen molar-refractivity contribution in [3.63, 3.8) is 0 Å². The first-order valence-corrected chi connectivity index (χ1v) is 6.40. The summed E-state index contributed by atoms with van der Waals surface area (Å²) in [7, 11) is 0. The number of carbonyl (C=O) groups is 2. The number of rotatable bonds is 7. The minimum atomic E-state index is -0.988. The summed E-state index contributed by atoms with van der Waals surface area (Å²) in [5.41, 5.74) is 0.870. The van der Waals surface area contributed by atoms with Gasteiger partial charge in [0.25, 0.3) is 0 Å². The minimum absolute atomic E-state index is 0.0631. The largest absolute Gasteiger partial charge is 0.466 e. The topological polar surface area (TPSA) is 84.9 Å². The van der Waals surface area contributed by atoms with E-state index in [1.807, 2.05) is 30.3 Å². The third-order valence-electron chi connectivity index (χ3n) is 2.40. The first-order chi connectivity index (χ1) is 9.61. The molecule has 1 amide bonds. The molecule has 2 N–H and O–H groups in total. The fourth-order valence-corrected chi connectivity index (χ4v) is 1.46. The summed E-state index contributed by atoms with van der Waals surface area (Å²) < 4.78 is 9.64. The van der Waals surface area contributed by atoms with Crippen molar-refractivity contribution in [3.05, 3.63) is 35.9 Å². The number of aliphatic hydroxyl groups excluding tert-OH is 1. The van der Waals surface area contributed by atoms with Crippen molar-refractivity contribution < 1.29 is 24.2 Å². The summed E-state index contributed by atoms with van der Waals surface area (Å²) >= 11 is 0. The van der Waals surface area contributed by atoms with Crippen LogP contribution in [0.1, 0.15) is 18.9 Å². The number of hydrogen-bond acceptors (Lipinski definition) is 5. The molecule has 0 fully saturated rings. The summed E-state index contributed by atoms with van der Waals surface area (Å²) in [6, 6.07) is 9.24. The number of alkyl carbamates (subject to hydrolysis) is 1. The van der Waals surface area contributed by atoms with E-state index in [1.54, 1.807) is 6.92 Å². The third-order valence-corrected chi connectivity index (χ3v) is 2.40. The Morgan fingerprint density at radius 3 is 2.60 bits per heavy atom. The Morgan fingerprint density at radius 1 is 1.25 bits per heavy atom. The van der Waals surface area contributed by atoms with Crippen LogP contribution in [0.2, 0.25) is 0 Å². The summed E-state index contributed by atoms with van der Waals surface area (Å²) in [5, 5.41) is 11.9. The van der Waals surface area contributed by atoms with Gasteiger partial charge in [0.1, 0.15) is 6.61 Å². The number of amides is 1. The molecule has 20 heavy (non-hydrogen) atoms. The van der Waals surface area contributed by atoms with Crippen LogP contribution in [0.4, 0.5) is 4.79 Å². The van der Waals surface area contributed by atoms with Crippen LogP contribution in [0.25, 0.3) is 0 Å². The number of benzene rings is 1. The number of esters is 1. The lowest BCUT2D eigenvalue weighted by atomic mass is 10.2. The molecule has 1 aromatic rings. The van der Waals surface area contributed by atoms with Crippen molar-refractivity contribution in [1.29, 1.82) is 0 Å². The van der Waals surface area contributed by atoms with Crippen LogP contribution in [-0.4, -0.2) is 36.4 Å². The van der Waals surface area contributed by atoms with Crippen LogP contribution >= 0.6 is 0 Å². The van der Waals surface area contributed by atoms with Crippen molar-refractivity contribution in [2.24, 2.45) is 0 Å². The van der Waals surface area contributed by atoms with E-state index in [1.165, 1.54) is 0 Å². The summed E-state index contributed by atoms with van der Waals surface area (Å²) in [5.74, 6) is -0.501. The molecule has 0 saturated carbocycles. The lowest BCUT2D eigenvalue weighted by Crippen LogP contribution is -2.33. The highest BCUT2D eigenvalue weighted by atomic mass is 16.5. The summed E-state index contributed by atoms with van der Waals surface area (Å²) in [6.45, 7) is 2.04. The van der Waals surface area contributed by atoms with Crippen molar-refractivity contribution in [2.45, 2.75) is 26.1 Å². The summed E-state index contributed by atoms with van der Waals surface area (Å²) in [6.07, 6.45) is -1.79. The second-order valence-electron chi connectivity index (χ2n) is 4.11. The monoisotopic (exact) mass is 281 g/mol. The van der Waals surface area contributed by atoms with Crippen LogP contribution in [0.3, 0.4) is 0 Å². The third kappa shape index (κ3) is 6.75. The van der Waals surface area contributed by atoms with Crippen LogP contribution < -0.4 is 5.32 Å². The van der Waals surface area contributed by atoms with Crippen LogP contribution in [0.15, 0.2) is 30.3 Å². The highest BCUT2D eigenvalue weighted by Gasteiger charge is 2.13. The van der Waals surface area contributed by atoms with E-state index < -0.39 is 18.2 Å². The summed E-state index contributed by atoms with van der Waals surface area (Å²) in [4.78, 5) is 22.5. The van der Waals surface area contributed by atoms with Crippen molar-refractivity contribution >= 4 is 12.1 Å². The molecule has 0 saturated heterocycles. The van der Waals surface area contributed by atoms with Crippen molar-refractivity contribution in [1.82, 2.24) is 5.32 Å². The SMILES string of the molecule is CCOC(=O)C[C@H](O)CNC(=O)OCc1ccccc1. The molecule has 1 aromatic carbocycles. The zero-order valence-corrected chi connectivity index (χ0v) is 11.4. The second-order valence-corrected chi connectivity index (χ2v) is 4.11. The number of aliphatic hydroxyl groups is 1. The second kappa shape index (κ2) is 8.92. The zero-order valence-electron chi connectivity index (χ0n) is 11.4. The van der Waals surface area contributed by atoms with Gasteiger partial charge in [-0.3, -0.25) is 4.79 Å². The van der Waals surface area contributed by atoms with Crippen molar-refractivity contribution in [3.8, 4) is 0 Å². The van der Waals surface area contributed by atoms with Gasteiger partial charge >= 0.3 is 12.1 Å². The molecular weight excluding hydrogens is 262 g/mol. The molecule has 0 aliphatic carbocycles. The van der Waals surface area contributed by atoms with E-state index in [9.17, 15) is 14.7 Å². The highest BCUT2D eigenvalue weighted by Crippen LogP contribution is 2.00. The van der Waals surface area contributed by atoms with Gasteiger partial charge in [0.05, 0.1) is 19.1 Å². The van der Waals surface area contributed by atoms with Gasteiger partial charge in [-0.25, -0.2) is 4.79 Å². The molecule has 0 spiro atoms. The van der Waals surface area contributed by atoms with Crippen LogP contribution in [-0.2, 0) is 20.9 Å². The fourth-order valence-electron chi connectivity index (χ4n) is 1.46. The van der Waals surface area contributed by atoms with Gasteiger partial charge in [-0.05, 0) is 12.5 Å². The Bertz CT molecular complexity index is 421. The predicted molar refractivity (Wildman–Crippen MR) is 71.9 cm³/mol. The van der Waals surface area contributed by atoms with Gasteiger partial charge in [-0.2, -0.15) is 0 Å². The van der Waals surface area contributed by atoms with Crippen LogP contribution in [0, 0.1) is 0 Å². The number of hydrogen-bond donors (Lipinski definition) is 2. The highest BCUT2D eigenvalue weighted by molar-refractivity contribution is 5.70. The molecule has 0 aliphatic heterocycles. The van der Waals surface area contributed by atoms with Gasteiger partial charge in [0.15, 0.2) is 0 Å². The molecule has 0 heterocycles. The van der Waals surface area contributed by atoms with E-state index in [0.717, 1.165) is 5.56 Å². The van der Waals surface area contributed by atoms with E-state index >= 15 is 0 Å². The molecule has 110 valence electrons. The van der Waals surface area contributed by atoms with E-state index in [-0.39, 0.29) is 26.2 Å². The normalized spacial score (nSPS) is 11.5. The molecule has 1 rings (SSSR count). The average molecular weight is 281 g/mol. The maximum Gasteiger partial charge on any atom is 0.407 e. The molecule has 0 aliphatic rings. The Kier molecular flexibility index (Phi) is 7.13. The smallest absolute Gasteiger partial charge is 0.407 e. The Hall–Kier alpha value is -2.08. The van der Waals surface area contributed by atoms with Gasteiger partial charge in [-0.15, -0.1) is 0 Å². The van der Waals surface area contributed by atoms with Crippen molar-refractivity contribution in [2.75, 3.05) is 13.2 Å². The van der Waals surface area contributed by atoms with Crippen LogP contribution in [0.5, 0.6) is 0 Å². The lowest BCUT2D eigenvalue weighted by Gasteiger charge is -2.11. The number of ether oxygens (including phenoxy) is 2. The maximum atomic E-state index is 11.4. The fraction of sp³-hybridized carbons (Fsp3) is 0.429. The molecule has 0 bridgehead atoms.